The molecule has 0 unspecified atom stereocenters. The number of carbonyl (C=O) groups is 1. The van der Waals surface area contributed by atoms with Gasteiger partial charge in [-0.3, -0.25) is 4.79 Å². The number of aromatic nitrogens is 1. The second-order valence-corrected chi connectivity index (χ2v) is 11.0. The minimum Gasteiger partial charge on any atom is -0.338 e. The molecule has 0 atom stereocenters. The van der Waals surface area contributed by atoms with Crippen LogP contribution >= 0.6 is 11.8 Å². The monoisotopic (exact) mass is 479 g/mol. The molecule has 9 heteroatoms. The van der Waals surface area contributed by atoms with E-state index in [9.17, 15) is 17.6 Å². The van der Waals surface area contributed by atoms with Crippen LogP contribution in [0.5, 0.6) is 0 Å². The molecule has 1 aliphatic rings. The fourth-order valence-electron chi connectivity index (χ4n) is 3.87. The second-order valence-electron chi connectivity index (χ2n) is 7.97. The molecule has 1 fully saturated rings. The molecule has 1 aliphatic carbocycles. The first-order valence-corrected chi connectivity index (χ1v) is 13.3. The number of hydrogen-bond donors (Lipinski definition) is 0. The van der Waals surface area contributed by atoms with E-state index in [1.165, 1.54) is 34.4 Å². The summed E-state index contributed by atoms with van der Waals surface area (Å²) in [5.41, 5.74) is 0.736. The summed E-state index contributed by atoms with van der Waals surface area (Å²) in [6.45, 7) is 2.72. The van der Waals surface area contributed by atoms with Crippen molar-refractivity contribution in [3.63, 3.8) is 0 Å². The van der Waals surface area contributed by atoms with Crippen molar-refractivity contribution in [2.24, 2.45) is 0 Å². The molecule has 1 heterocycles. The first kappa shape index (κ1) is 24.7. The predicted molar refractivity (Wildman–Crippen MR) is 124 cm³/mol. The average molecular weight is 480 g/mol. The molecule has 0 radical (unpaired) electrons. The summed E-state index contributed by atoms with van der Waals surface area (Å²) in [5.74, 6) is -0.240. The Morgan fingerprint density at radius 2 is 1.94 bits per heavy atom. The topological polar surface area (TPSA) is 70.6 Å². The van der Waals surface area contributed by atoms with Crippen LogP contribution in [0.25, 0.3) is 0 Å². The fourth-order valence-corrected chi connectivity index (χ4v) is 5.98. The van der Waals surface area contributed by atoms with Crippen LogP contribution in [0, 0.1) is 5.82 Å². The van der Waals surface area contributed by atoms with Crippen molar-refractivity contribution in [3.05, 3.63) is 54.0 Å². The molecule has 3 rings (SSSR count). The number of amides is 1. The van der Waals surface area contributed by atoms with Crippen LogP contribution in [0.2, 0.25) is 0 Å². The van der Waals surface area contributed by atoms with Gasteiger partial charge in [0.2, 0.25) is 15.9 Å². The Bertz CT molecular complexity index is 1010. The van der Waals surface area contributed by atoms with E-state index >= 15 is 0 Å². The number of rotatable bonds is 9. The Balaban J connectivity index is 1.58. The van der Waals surface area contributed by atoms with Gasteiger partial charge in [0.05, 0.1) is 10.8 Å². The second kappa shape index (κ2) is 11.2. The molecule has 6 nitrogen and oxygen atoms in total. The highest BCUT2D eigenvalue weighted by molar-refractivity contribution is 7.99. The van der Waals surface area contributed by atoms with E-state index in [0.29, 0.717) is 18.1 Å². The summed E-state index contributed by atoms with van der Waals surface area (Å²) in [6.07, 6.45) is 6.42. The standard InChI is InChI=1S/C23H30FN3O3S2/c1-3-27(16-18-8-7-9-19(24)14-18)23(28)17-31-22-13-12-21(15-25-22)32(29,30)26(2)20-10-5-4-6-11-20/h7-9,12-15,20H,3-6,10-11,16-17H2,1-2H3. The van der Waals surface area contributed by atoms with Crippen LogP contribution in [0.15, 0.2) is 52.5 Å². The molecule has 0 aliphatic heterocycles. The lowest BCUT2D eigenvalue weighted by Crippen LogP contribution is -2.38. The number of halogens is 1. The Morgan fingerprint density at radius 1 is 1.19 bits per heavy atom. The summed E-state index contributed by atoms with van der Waals surface area (Å²) in [6, 6.07) is 9.45. The predicted octanol–water partition coefficient (Wildman–Crippen LogP) is 4.31. The quantitative estimate of drug-likeness (QED) is 0.501. The number of thioether (sulfide) groups is 1. The van der Waals surface area contributed by atoms with E-state index in [1.807, 2.05) is 6.92 Å². The minimum absolute atomic E-state index is 0.0403. The molecule has 2 aromatic rings. The van der Waals surface area contributed by atoms with Gasteiger partial charge >= 0.3 is 0 Å². The maximum absolute atomic E-state index is 13.4. The van der Waals surface area contributed by atoms with E-state index in [4.69, 9.17) is 0 Å². The number of pyridine rings is 1. The van der Waals surface area contributed by atoms with Crippen LogP contribution < -0.4 is 0 Å². The van der Waals surface area contributed by atoms with E-state index in [-0.39, 0.29) is 28.4 Å². The molecular weight excluding hydrogens is 449 g/mol. The number of benzene rings is 1. The smallest absolute Gasteiger partial charge is 0.244 e. The van der Waals surface area contributed by atoms with E-state index in [1.54, 1.807) is 36.2 Å². The first-order chi connectivity index (χ1) is 15.3. The summed E-state index contributed by atoms with van der Waals surface area (Å²) < 4.78 is 40.7. The van der Waals surface area contributed by atoms with Gasteiger partial charge in [0.25, 0.3) is 0 Å². The van der Waals surface area contributed by atoms with Crippen molar-refractivity contribution < 1.29 is 17.6 Å². The lowest BCUT2D eigenvalue weighted by Gasteiger charge is -2.30. The molecule has 1 aromatic heterocycles. The third-order valence-corrected chi connectivity index (χ3v) is 8.64. The lowest BCUT2D eigenvalue weighted by molar-refractivity contribution is -0.128. The van der Waals surface area contributed by atoms with Gasteiger partial charge in [-0.2, -0.15) is 4.31 Å². The third-order valence-electron chi connectivity index (χ3n) is 5.82. The molecule has 0 spiro atoms. The van der Waals surface area contributed by atoms with Gasteiger partial charge < -0.3 is 4.90 Å². The lowest BCUT2D eigenvalue weighted by atomic mass is 9.96. The minimum atomic E-state index is -3.59. The fraction of sp³-hybridized carbons (Fsp3) is 0.478. The van der Waals surface area contributed by atoms with Crippen molar-refractivity contribution >= 4 is 27.7 Å². The molecule has 0 bridgehead atoms. The zero-order chi connectivity index (χ0) is 23.1. The highest BCUT2D eigenvalue weighted by Crippen LogP contribution is 2.27. The van der Waals surface area contributed by atoms with Gasteiger partial charge in [-0.05, 0) is 49.6 Å². The number of sulfonamides is 1. The van der Waals surface area contributed by atoms with Crippen LogP contribution in [0.3, 0.4) is 0 Å². The molecule has 1 aromatic carbocycles. The summed E-state index contributed by atoms with van der Waals surface area (Å²) in [5, 5.41) is 0.583. The van der Waals surface area contributed by atoms with Gasteiger partial charge in [0, 0.05) is 32.4 Å². The van der Waals surface area contributed by atoms with Crippen molar-refractivity contribution in [2.75, 3.05) is 19.3 Å². The molecule has 1 amide bonds. The van der Waals surface area contributed by atoms with Crippen LogP contribution in [0.4, 0.5) is 4.39 Å². The first-order valence-electron chi connectivity index (χ1n) is 10.9. The largest absolute Gasteiger partial charge is 0.338 e. The maximum Gasteiger partial charge on any atom is 0.244 e. The summed E-state index contributed by atoms with van der Waals surface area (Å²) in [4.78, 5) is 18.7. The normalized spacial score (nSPS) is 15.1. The highest BCUT2D eigenvalue weighted by atomic mass is 32.2. The Morgan fingerprint density at radius 3 is 2.56 bits per heavy atom. The zero-order valence-electron chi connectivity index (χ0n) is 18.5. The van der Waals surface area contributed by atoms with E-state index < -0.39 is 10.0 Å². The number of hydrogen-bond acceptors (Lipinski definition) is 5. The van der Waals surface area contributed by atoms with Crippen molar-refractivity contribution in [1.82, 2.24) is 14.2 Å². The molecule has 32 heavy (non-hydrogen) atoms. The van der Waals surface area contributed by atoms with Gasteiger partial charge in [-0.1, -0.05) is 43.2 Å². The molecule has 1 saturated carbocycles. The third kappa shape index (κ3) is 6.30. The van der Waals surface area contributed by atoms with Crippen LogP contribution in [-0.2, 0) is 21.4 Å². The van der Waals surface area contributed by atoms with Crippen LogP contribution in [-0.4, -0.2) is 53.9 Å². The average Bonchev–Trinajstić information content (AvgIpc) is 2.81. The zero-order valence-corrected chi connectivity index (χ0v) is 20.2. The molecule has 0 saturated heterocycles. The van der Waals surface area contributed by atoms with Crippen LogP contribution in [0.1, 0.15) is 44.6 Å². The Hall–Kier alpha value is -1.97. The SMILES string of the molecule is CCN(Cc1cccc(F)c1)C(=O)CSc1ccc(S(=O)(=O)N(C)C2CCCCC2)cn1. The summed E-state index contributed by atoms with van der Waals surface area (Å²) in [7, 11) is -1.94. The molecule has 174 valence electrons. The van der Waals surface area contributed by atoms with Gasteiger partial charge in [0.1, 0.15) is 10.7 Å². The maximum atomic E-state index is 13.4. The van der Waals surface area contributed by atoms with Gasteiger partial charge in [-0.25, -0.2) is 17.8 Å². The van der Waals surface area contributed by atoms with Gasteiger partial charge in [-0.15, -0.1) is 0 Å². The van der Waals surface area contributed by atoms with E-state index in [2.05, 4.69) is 4.98 Å². The number of carbonyl (C=O) groups excluding carboxylic acids is 1. The highest BCUT2D eigenvalue weighted by Gasteiger charge is 2.29. The molecular formula is C23H30FN3O3S2. The molecule has 0 N–H and O–H groups in total. The van der Waals surface area contributed by atoms with Crippen molar-refractivity contribution in [2.45, 2.75) is 61.5 Å². The van der Waals surface area contributed by atoms with E-state index in [0.717, 1.165) is 37.7 Å². The van der Waals surface area contributed by atoms with Crippen molar-refractivity contribution in [3.8, 4) is 0 Å². The van der Waals surface area contributed by atoms with Gasteiger partial charge in [0.15, 0.2) is 0 Å². The Labute approximate surface area is 194 Å². The van der Waals surface area contributed by atoms with Crippen molar-refractivity contribution in [1.29, 1.82) is 0 Å². The summed E-state index contributed by atoms with van der Waals surface area (Å²) >= 11 is 1.26. The Kier molecular flexibility index (Phi) is 8.67. The number of nitrogens with zero attached hydrogens (tertiary/aromatic N) is 3.